The quantitative estimate of drug-likeness (QED) is 0.748. The molecule has 2 aromatic carbocycles. The molecule has 20 heavy (non-hydrogen) atoms. The van der Waals surface area contributed by atoms with Crippen LogP contribution in [0.2, 0.25) is 0 Å². The second-order valence-electron chi connectivity index (χ2n) is 4.07. The van der Waals surface area contributed by atoms with Gasteiger partial charge in [0.2, 0.25) is 0 Å². The van der Waals surface area contributed by atoms with Crippen LogP contribution in [0.25, 0.3) is 0 Å². The minimum atomic E-state index is 0.630. The highest BCUT2D eigenvalue weighted by molar-refractivity contribution is 9.10. The molecule has 0 aliphatic heterocycles. The molecule has 0 aliphatic carbocycles. The summed E-state index contributed by atoms with van der Waals surface area (Å²) < 4.78 is 11.7. The molecule has 104 valence electrons. The van der Waals surface area contributed by atoms with Crippen LogP contribution in [0, 0.1) is 0 Å². The van der Waals surface area contributed by atoms with E-state index >= 15 is 0 Å². The summed E-state index contributed by atoms with van der Waals surface area (Å²) >= 11 is 3.46. The molecule has 0 amide bonds. The second-order valence-corrected chi connectivity index (χ2v) is 4.99. The number of methoxy groups -OCH3 is 1. The summed E-state index contributed by atoms with van der Waals surface area (Å²) in [6.45, 7) is 2.59. The number of hydrogen-bond donors (Lipinski definition) is 0. The van der Waals surface area contributed by atoms with Crippen molar-refractivity contribution in [2.24, 2.45) is 4.99 Å². The maximum Gasteiger partial charge on any atom is 0.128 e. The van der Waals surface area contributed by atoms with Gasteiger partial charge in [0.1, 0.15) is 11.5 Å². The van der Waals surface area contributed by atoms with Crippen LogP contribution < -0.4 is 9.47 Å². The Morgan fingerprint density at radius 2 is 1.90 bits per heavy atom. The van der Waals surface area contributed by atoms with E-state index < -0.39 is 0 Å². The molecule has 0 atom stereocenters. The lowest BCUT2D eigenvalue weighted by Crippen LogP contribution is -1.95. The zero-order valence-corrected chi connectivity index (χ0v) is 13.1. The van der Waals surface area contributed by atoms with Crippen LogP contribution in [-0.2, 0) is 0 Å². The van der Waals surface area contributed by atoms with Crippen molar-refractivity contribution in [2.75, 3.05) is 13.7 Å². The van der Waals surface area contributed by atoms with E-state index in [0.717, 1.165) is 27.2 Å². The molecular weight excluding hydrogens is 318 g/mol. The van der Waals surface area contributed by atoms with Gasteiger partial charge in [-0.2, -0.15) is 0 Å². The smallest absolute Gasteiger partial charge is 0.128 e. The largest absolute Gasteiger partial charge is 0.497 e. The van der Waals surface area contributed by atoms with Gasteiger partial charge in [0, 0.05) is 16.3 Å². The summed E-state index contributed by atoms with van der Waals surface area (Å²) in [6, 6.07) is 13.5. The van der Waals surface area contributed by atoms with Crippen LogP contribution in [0.1, 0.15) is 12.5 Å². The van der Waals surface area contributed by atoms with E-state index in [2.05, 4.69) is 20.9 Å². The van der Waals surface area contributed by atoms with Crippen LogP contribution in [0.3, 0.4) is 0 Å². The Morgan fingerprint density at radius 3 is 2.55 bits per heavy atom. The van der Waals surface area contributed by atoms with E-state index in [1.165, 1.54) is 0 Å². The maximum atomic E-state index is 5.58. The third kappa shape index (κ3) is 3.84. The fourth-order valence-electron chi connectivity index (χ4n) is 1.72. The molecule has 0 aliphatic rings. The van der Waals surface area contributed by atoms with Crippen molar-refractivity contribution in [1.82, 2.24) is 0 Å². The monoisotopic (exact) mass is 333 g/mol. The lowest BCUT2D eigenvalue weighted by molar-refractivity contribution is 0.339. The number of halogens is 1. The summed E-state index contributed by atoms with van der Waals surface area (Å²) in [5, 5.41) is 0. The molecule has 0 N–H and O–H groups in total. The molecule has 0 unspecified atom stereocenters. The van der Waals surface area contributed by atoms with Gasteiger partial charge < -0.3 is 9.47 Å². The Morgan fingerprint density at radius 1 is 1.15 bits per heavy atom. The van der Waals surface area contributed by atoms with Crippen molar-refractivity contribution < 1.29 is 9.47 Å². The average Bonchev–Trinajstić information content (AvgIpc) is 2.48. The minimum absolute atomic E-state index is 0.630. The van der Waals surface area contributed by atoms with Crippen LogP contribution >= 0.6 is 15.9 Å². The van der Waals surface area contributed by atoms with Crippen molar-refractivity contribution in [3.05, 3.63) is 52.5 Å². The summed E-state index contributed by atoms with van der Waals surface area (Å²) in [5.41, 5.74) is 1.81. The highest BCUT2D eigenvalue weighted by Gasteiger charge is 2.02. The van der Waals surface area contributed by atoms with Gasteiger partial charge in [-0.1, -0.05) is 15.9 Å². The first-order valence-electron chi connectivity index (χ1n) is 6.33. The van der Waals surface area contributed by atoms with Gasteiger partial charge in [-0.05, 0) is 49.4 Å². The van der Waals surface area contributed by atoms with E-state index in [9.17, 15) is 0 Å². The van der Waals surface area contributed by atoms with Gasteiger partial charge in [-0.3, -0.25) is 4.99 Å². The Kier molecular flexibility index (Phi) is 5.18. The van der Waals surface area contributed by atoms with E-state index in [4.69, 9.17) is 9.47 Å². The Hall–Kier alpha value is -1.81. The molecule has 0 spiro atoms. The molecule has 3 nitrogen and oxygen atoms in total. The molecule has 0 bridgehead atoms. The molecule has 0 saturated carbocycles. The van der Waals surface area contributed by atoms with E-state index in [0.29, 0.717) is 6.61 Å². The van der Waals surface area contributed by atoms with Crippen molar-refractivity contribution in [3.8, 4) is 11.5 Å². The molecule has 0 saturated heterocycles. The van der Waals surface area contributed by atoms with E-state index in [-0.39, 0.29) is 0 Å². The number of benzene rings is 2. The number of rotatable bonds is 5. The van der Waals surface area contributed by atoms with E-state index in [1.54, 1.807) is 13.3 Å². The summed E-state index contributed by atoms with van der Waals surface area (Å²) in [6.07, 6.45) is 1.80. The van der Waals surface area contributed by atoms with Crippen LogP contribution in [-0.4, -0.2) is 19.9 Å². The second kappa shape index (κ2) is 7.10. The first-order chi connectivity index (χ1) is 9.72. The average molecular weight is 334 g/mol. The first-order valence-corrected chi connectivity index (χ1v) is 7.12. The fraction of sp³-hybridized carbons (Fsp3) is 0.188. The topological polar surface area (TPSA) is 30.8 Å². The normalized spacial score (nSPS) is 10.8. The third-order valence-corrected chi connectivity index (χ3v) is 3.19. The van der Waals surface area contributed by atoms with Crippen LogP contribution in [0.15, 0.2) is 51.9 Å². The molecule has 2 rings (SSSR count). The number of hydrogen-bond acceptors (Lipinski definition) is 3. The van der Waals surface area contributed by atoms with E-state index in [1.807, 2.05) is 49.4 Å². The lowest BCUT2D eigenvalue weighted by Gasteiger charge is -2.07. The minimum Gasteiger partial charge on any atom is -0.497 e. The Balaban J connectivity index is 2.22. The molecule has 0 heterocycles. The number of nitrogens with zero attached hydrogens (tertiary/aromatic N) is 1. The zero-order chi connectivity index (χ0) is 14.4. The first kappa shape index (κ1) is 14.6. The van der Waals surface area contributed by atoms with Gasteiger partial charge >= 0.3 is 0 Å². The summed E-state index contributed by atoms with van der Waals surface area (Å²) in [4.78, 5) is 4.45. The van der Waals surface area contributed by atoms with Crippen molar-refractivity contribution in [2.45, 2.75) is 6.92 Å². The predicted octanol–water partition coefficient (Wildman–Crippen LogP) is 4.61. The number of ether oxygens (including phenoxy) is 2. The SMILES string of the molecule is CCOc1ccc(Br)cc1C=Nc1ccc(OC)cc1. The van der Waals surface area contributed by atoms with Crippen LogP contribution in [0.4, 0.5) is 5.69 Å². The number of aliphatic imine (C=N–C) groups is 1. The third-order valence-electron chi connectivity index (χ3n) is 2.70. The highest BCUT2D eigenvalue weighted by Crippen LogP contribution is 2.23. The van der Waals surface area contributed by atoms with Gasteiger partial charge in [-0.15, -0.1) is 0 Å². The Bertz CT molecular complexity index is 594. The van der Waals surface area contributed by atoms with Crippen LogP contribution in [0.5, 0.6) is 11.5 Å². The maximum absolute atomic E-state index is 5.58. The van der Waals surface area contributed by atoms with Crippen molar-refractivity contribution in [3.63, 3.8) is 0 Å². The molecule has 0 fully saturated rings. The summed E-state index contributed by atoms with van der Waals surface area (Å²) in [5.74, 6) is 1.65. The standard InChI is InChI=1S/C16H16BrNO2/c1-3-20-16-9-4-13(17)10-12(16)11-18-14-5-7-15(19-2)8-6-14/h4-11H,3H2,1-2H3. The molecule has 4 heteroatoms. The van der Waals surface area contributed by atoms with Crippen molar-refractivity contribution >= 4 is 27.8 Å². The highest BCUT2D eigenvalue weighted by atomic mass is 79.9. The molecule has 2 aromatic rings. The van der Waals surface area contributed by atoms with Gasteiger partial charge in [0.25, 0.3) is 0 Å². The lowest BCUT2D eigenvalue weighted by atomic mass is 10.2. The van der Waals surface area contributed by atoms with Crippen molar-refractivity contribution in [1.29, 1.82) is 0 Å². The fourth-order valence-corrected chi connectivity index (χ4v) is 2.10. The Labute approximate surface area is 127 Å². The summed E-state index contributed by atoms with van der Waals surface area (Å²) in [7, 11) is 1.65. The van der Waals surface area contributed by atoms with Gasteiger partial charge in [0.05, 0.1) is 19.4 Å². The zero-order valence-electron chi connectivity index (χ0n) is 11.5. The van der Waals surface area contributed by atoms with Gasteiger partial charge in [0.15, 0.2) is 0 Å². The molecular formula is C16H16BrNO2. The van der Waals surface area contributed by atoms with Gasteiger partial charge in [-0.25, -0.2) is 0 Å². The molecule has 0 radical (unpaired) electrons. The predicted molar refractivity (Wildman–Crippen MR) is 85.6 cm³/mol. The molecule has 0 aromatic heterocycles.